The molecule has 0 N–H and O–H groups in total. The van der Waals surface area contributed by atoms with Crippen LogP contribution in [0.1, 0.15) is 39.1 Å². The molecule has 1 heterocycles. The topological polar surface area (TPSA) is 52.6 Å². The number of Topliss-reactive ketones (excluding diaryl/α,β-unsaturated/α-hetero) is 1. The van der Waals surface area contributed by atoms with Crippen molar-refractivity contribution < 1.29 is 19.1 Å². The molecule has 0 bridgehead atoms. The summed E-state index contributed by atoms with van der Waals surface area (Å²) in [4.78, 5) is 27.0. The van der Waals surface area contributed by atoms with Crippen molar-refractivity contribution in [3.05, 3.63) is 131 Å². The van der Waals surface area contributed by atoms with E-state index in [0.29, 0.717) is 22.6 Å². The molecule has 4 heteroatoms. The normalized spacial score (nSPS) is 13.2. The van der Waals surface area contributed by atoms with E-state index in [1.807, 2.05) is 72.8 Å². The molecule has 0 saturated carbocycles. The summed E-state index contributed by atoms with van der Waals surface area (Å²) in [6, 6.07) is 32.8. The third kappa shape index (κ3) is 3.67. The van der Waals surface area contributed by atoms with E-state index in [2.05, 4.69) is 0 Å². The maximum Gasteiger partial charge on any atom is 0.319 e. The molecule has 0 aromatic heterocycles. The second-order valence-electron chi connectivity index (χ2n) is 7.57. The second-order valence-corrected chi connectivity index (χ2v) is 7.57. The van der Waals surface area contributed by atoms with Gasteiger partial charge in [0.1, 0.15) is 17.4 Å². The van der Waals surface area contributed by atoms with Crippen LogP contribution in [0.15, 0.2) is 109 Å². The Morgan fingerprint density at radius 2 is 1.16 bits per heavy atom. The zero-order chi connectivity index (χ0) is 21.9. The van der Waals surface area contributed by atoms with Crippen molar-refractivity contribution in [3.8, 4) is 11.5 Å². The lowest BCUT2D eigenvalue weighted by Crippen LogP contribution is -2.26. The van der Waals surface area contributed by atoms with Crippen molar-refractivity contribution in [1.82, 2.24) is 0 Å². The Morgan fingerprint density at radius 3 is 1.75 bits per heavy atom. The number of esters is 1. The van der Waals surface area contributed by atoms with E-state index < -0.39 is 18.0 Å². The van der Waals surface area contributed by atoms with Gasteiger partial charge in [-0.25, -0.2) is 0 Å². The van der Waals surface area contributed by atoms with Gasteiger partial charge in [-0.1, -0.05) is 97.1 Å². The Balaban J connectivity index is 1.54. The van der Waals surface area contributed by atoms with Gasteiger partial charge in [-0.05, 0) is 12.1 Å². The standard InChI is InChI=1S/C28H20O4/c29-26(19-11-3-1-4-12-19)27(20-13-5-2-6-14-20)32-28(30)25-21-15-7-9-17-23(21)31-24-18-10-8-16-22(24)25/h1-18,25,27H/t27-/m0/s1. The van der Waals surface area contributed by atoms with E-state index in [-0.39, 0.29) is 5.78 Å². The van der Waals surface area contributed by atoms with Gasteiger partial charge in [-0.15, -0.1) is 0 Å². The lowest BCUT2D eigenvalue weighted by Gasteiger charge is -2.28. The van der Waals surface area contributed by atoms with Crippen LogP contribution in [0.5, 0.6) is 11.5 Å². The minimum Gasteiger partial charge on any atom is -0.457 e. The smallest absolute Gasteiger partial charge is 0.319 e. The lowest BCUT2D eigenvalue weighted by molar-refractivity contribution is -0.148. The first-order valence-corrected chi connectivity index (χ1v) is 10.4. The summed E-state index contributed by atoms with van der Waals surface area (Å²) in [7, 11) is 0. The number of ketones is 1. The fourth-order valence-electron chi connectivity index (χ4n) is 4.00. The maximum absolute atomic E-state index is 13.6. The Bertz CT molecular complexity index is 1220. The highest BCUT2D eigenvalue weighted by atomic mass is 16.5. The van der Waals surface area contributed by atoms with Crippen molar-refractivity contribution in [2.75, 3.05) is 0 Å². The van der Waals surface area contributed by atoms with Crippen LogP contribution >= 0.6 is 0 Å². The van der Waals surface area contributed by atoms with E-state index in [9.17, 15) is 9.59 Å². The first kappa shape index (κ1) is 19.8. The quantitative estimate of drug-likeness (QED) is 0.290. The van der Waals surface area contributed by atoms with Crippen LogP contribution in [0, 0.1) is 0 Å². The van der Waals surface area contributed by atoms with Crippen LogP contribution in [-0.2, 0) is 9.53 Å². The van der Waals surface area contributed by atoms with Gasteiger partial charge in [-0.2, -0.15) is 0 Å². The molecule has 32 heavy (non-hydrogen) atoms. The van der Waals surface area contributed by atoms with E-state index in [1.54, 1.807) is 36.4 Å². The minimum absolute atomic E-state index is 0.265. The molecule has 0 aliphatic carbocycles. The molecule has 0 spiro atoms. The molecule has 0 unspecified atom stereocenters. The van der Waals surface area contributed by atoms with Crippen LogP contribution in [0.3, 0.4) is 0 Å². The second kappa shape index (κ2) is 8.52. The first-order valence-electron chi connectivity index (χ1n) is 10.4. The largest absolute Gasteiger partial charge is 0.457 e. The first-order chi connectivity index (χ1) is 15.7. The Hall–Kier alpha value is -4.18. The molecule has 5 rings (SSSR count). The summed E-state index contributed by atoms with van der Waals surface area (Å²) >= 11 is 0. The molecule has 156 valence electrons. The third-order valence-electron chi connectivity index (χ3n) is 5.55. The van der Waals surface area contributed by atoms with Crippen molar-refractivity contribution in [2.45, 2.75) is 12.0 Å². The zero-order valence-electron chi connectivity index (χ0n) is 17.2. The number of benzene rings is 4. The predicted octanol–water partition coefficient (Wildman–Crippen LogP) is 6.09. The summed E-state index contributed by atoms with van der Waals surface area (Å²) in [5.74, 6) is -0.228. The monoisotopic (exact) mass is 420 g/mol. The molecule has 0 radical (unpaired) electrons. The van der Waals surface area contributed by atoms with Gasteiger partial charge in [-0.3, -0.25) is 9.59 Å². The van der Waals surface area contributed by atoms with Crippen LogP contribution in [-0.4, -0.2) is 11.8 Å². The highest BCUT2D eigenvalue weighted by Crippen LogP contribution is 2.45. The van der Waals surface area contributed by atoms with E-state index in [4.69, 9.17) is 9.47 Å². The Morgan fingerprint density at radius 1 is 0.656 bits per heavy atom. The lowest BCUT2D eigenvalue weighted by atomic mass is 9.88. The molecule has 1 aliphatic rings. The molecule has 1 aliphatic heterocycles. The van der Waals surface area contributed by atoms with Gasteiger partial charge in [0, 0.05) is 22.3 Å². The highest BCUT2D eigenvalue weighted by Gasteiger charge is 2.36. The molecule has 1 atom stereocenters. The molecule has 0 amide bonds. The van der Waals surface area contributed by atoms with E-state index >= 15 is 0 Å². The van der Waals surface area contributed by atoms with E-state index in [1.165, 1.54) is 0 Å². The highest BCUT2D eigenvalue weighted by molar-refractivity contribution is 6.01. The molecular formula is C28H20O4. The number of fused-ring (bicyclic) bond motifs is 2. The number of carbonyl (C=O) groups is 2. The molecular weight excluding hydrogens is 400 g/mol. The van der Waals surface area contributed by atoms with Crippen molar-refractivity contribution in [1.29, 1.82) is 0 Å². The molecule has 0 fully saturated rings. The summed E-state index contributed by atoms with van der Waals surface area (Å²) in [5.41, 5.74) is 2.55. The Kier molecular flexibility index (Phi) is 5.26. The van der Waals surface area contributed by atoms with Crippen LogP contribution < -0.4 is 4.74 Å². The molecule has 4 aromatic carbocycles. The minimum atomic E-state index is -1.05. The number of rotatable bonds is 5. The molecule has 4 aromatic rings. The van der Waals surface area contributed by atoms with Gasteiger partial charge in [0.25, 0.3) is 0 Å². The van der Waals surface area contributed by atoms with Crippen LogP contribution in [0.25, 0.3) is 0 Å². The SMILES string of the molecule is O=C(O[C@H](C(=O)c1ccccc1)c1ccccc1)C1c2ccccc2Oc2ccccc21. The van der Waals surface area contributed by atoms with Crippen molar-refractivity contribution in [2.24, 2.45) is 0 Å². The number of hydrogen-bond donors (Lipinski definition) is 0. The maximum atomic E-state index is 13.6. The summed E-state index contributed by atoms with van der Waals surface area (Å²) < 4.78 is 12.0. The van der Waals surface area contributed by atoms with Gasteiger partial charge in [0.05, 0.1) is 0 Å². The third-order valence-corrected chi connectivity index (χ3v) is 5.55. The van der Waals surface area contributed by atoms with Gasteiger partial charge in [0.2, 0.25) is 5.78 Å². The summed E-state index contributed by atoms with van der Waals surface area (Å²) in [5, 5.41) is 0. The number of hydrogen-bond acceptors (Lipinski definition) is 4. The van der Waals surface area contributed by atoms with Gasteiger partial charge >= 0.3 is 5.97 Å². The molecule has 4 nitrogen and oxygen atoms in total. The number of carbonyl (C=O) groups excluding carboxylic acids is 2. The fraction of sp³-hybridized carbons (Fsp3) is 0.0714. The summed E-state index contributed by atoms with van der Waals surface area (Å²) in [6.45, 7) is 0. The van der Waals surface area contributed by atoms with Crippen molar-refractivity contribution >= 4 is 11.8 Å². The molecule has 0 saturated heterocycles. The Labute approximate surface area is 186 Å². The zero-order valence-corrected chi connectivity index (χ0v) is 17.2. The predicted molar refractivity (Wildman–Crippen MR) is 121 cm³/mol. The number of para-hydroxylation sites is 2. The average Bonchev–Trinajstić information content (AvgIpc) is 2.86. The van der Waals surface area contributed by atoms with Gasteiger partial charge in [0.15, 0.2) is 6.10 Å². The average molecular weight is 420 g/mol. The van der Waals surface area contributed by atoms with Gasteiger partial charge < -0.3 is 9.47 Å². The fourth-order valence-corrected chi connectivity index (χ4v) is 4.00. The number of ether oxygens (including phenoxy) is 2. The van der Waals surface area contributed by atoms with E-state index in [0.717, 1.165) is 11.1 Å². The van der Waals surface area contributed by atoms with Crippen molar-refractivity contribution in [3.63, 3.8) is 0 Å². The summed E-state index contributed by atoms with van der Waals surface area (Å²) in [6.07, 6.45) is -1.05. The van der Waals surface area contributed by atoms with Crippen LogP contribution in [0.2, 0.25) is 0 Å². The van der Waals surface area contributed by atoms with Crippen LogP contribution in [0.4, 0.5) is 0 Å².